The van der Waals surface area contributed by atoms with Crippen LogP contribution in [0.2, 0.25) is 25.2 Å². The van der Waals surface area contributed by atoms with Gasteiger partial charge in [0, 0.05) is 78.0 Å². The van der Waals surface area contributed by atoms with Crippen LogP contribution in [0.25, 0.3) is 0 Å². The lowest BCUT2D eigenvalue weighted by molar-refractivity contribution is -0.125. The molecule has 0 bridgehead atoms. The zero-order chi connectivity index (χ0) is 54.1. The number of aromatic nitrogens is 2. The molecule has 0 radical (unpaired) electrons. The first-order valence-corrected chi connectivity index (χ1v) is 24.3. The van der Waals surface area contributed by atoms with Gasteiger partial charge in [-0.05, 0) is 96.1 Å². The summed E-state index contributed by atoms with van der Waals surface area (Å²) in [6.45, 7) is 1.31. The molecule has 0 saturated carbocycles. The number of nitriles is 2. The number of hydrogen-bond donors (Lipinski definition) is 3. The van der Waals surface area contributed by atoms with Gasteiger partial charge in [0.15, 0.2) is 0 Å². The fourth-order valence-electron chi connectivity index (χ4n) is 9.68. The fourth-order valence-corrected chi connectivity index (χ4v) is 10.8. The highest BCUT2D eigenvalue weighted by atomic mass is 35.5. The Labute approximate surface area is 453 Å². The average molecular weight is 1110 g/mol. The van der Waals surface area contributed by atoms with Crippen molar-refractivity contribution in [3.8, 4) is 12.1 Å². The van der Waals surface area contributed by atoms with E-state index in [9.17, 15) is 39.1 Å². The van der Waals surface area contributed by atoms with Crippen molar-refractivity contribution in [2.45, 2.75) is 22.9 Å². The molecule has 0 unspecified atom stereocenters. The van der Waals surface area contributed by atoms with Crippen LogP contribution in [0, 0.1) is 22.7 Å². The molecule has 4 aliphatic heterocycles. The van der Waals surface area contributed by atoms with Crippen molar-refractivity contribution in [1.29, 1.82) is 10.5 Å². The number of carboxylic acid groups (broad SMARTS) is 2. The van der Waals surface area contributed by atoms with E-state index in [2.05, 4.69) is 27.4 Å². The number of benzene rings is 4. The second-order valence-corrected chi connectivity index (χ2v) is 19.7. The number of carbonyl (C=O) groups is 6. The summed E-state index contributed by atoms with van der Waals surface area (Å²) in [4.78, 5) is 90.7. The summed E-state index contributed by atoms with van der Waals surface area (Å²) in [5.41, 5.74) is 1.09. The Bertz CT molecular complexity index is 3320. The minimum absolute atomic E-state index is 0.0366. The predicted molar refractivity (Wildman–Crippen MR) is 280 cm³/mol. The molecule has 3 N–H and O–H groups in total. The molecule has 23 heteroatoms. The number of aromatic carboxylic acids is 2. The molecule has 4 aliphatic rings. The summed E-state index contributed by atoms with van der Waals surface area (Å²) >= 11 is 29.9. The molecule has 0 aliphatic carbocycles. The third-order valence-electron chi connectivity index (χ3n) is 13.4. The Kier molecular flexibility index (Phi) is 15.4. The second-order valence-electron chi connectivity index (χ2n) is 17.5. The van der Waals surface area contributed by atoms with Crippen LogP contribution < -0.4 is 20.0 Å². The lowest BCUT2D eigenvalue weighted by Crippen LogP contribution is -2.53. The zero-order valence-electron chi connectivity index (χ0n) is 39.3. The molecule has 380 valence electrons. The van der Waals surface area contributed by atoms with E-state index in [-0.39, 0.29) is 45.2 Å². The number of halogens is 5. The molecule has 18 nitrogen and oxygen atoms in total. The number of carboxylic acids is 2. The number of pyridine rings is 2. The lowest BCUT2D eigenvalue weighted by atomic mass is 9.80. The molecule has 4 atom stereocenters. The lowest BCUT2D eigenvalue weighted by Gasteiger charge is -2.33. The van der Waals surface area contributed by atoms with Gasteiger partial charge in [-0.3, -0.25) is 9.59 Å². The Hall–Kier alpha value is -7.81. The summed E-state index contributed by atoms with van der Waals surface area (Å²) in [5, 5.41) is 40.7. The summed E-state index contributed by atoms with van der Waals surface area (Å²) < 4.78 is 0. The first kappa shape index (κ1) is 53.5. The van der Waals surface area contributed by atoms with Gasteiger partial charge in [-0.25, -0.2) is 38.9 Å². The van der Waals surface area contributed by atoms with E-state index >= 15 is 0 Å². The van der Waals surface area contributed by atoms with Crippen molar-refractivity contribution in [3.63, 3.8) is 0 Å². The van der Waals surface area contributed by atoms with Crippen molar-refractivity contribution in [2.24, 2.45) is 0 Å². The van der Waals surface area contributed by atoms with E-state index in [0.29, 0.717) is 57.5 Å². The molecule has 4 fully saturated rings. The molecule has 4 aromatic carbocycles. The summed E-state index contributed by atoms with van der Waals surface area (Å²) in [6, 6.07) is 32.3. The van der Waals surface area contributed by atoms with E-state index < -0.39 is 46.9 Å². The molecule has 6 amide bonds. The smallest absolute Gasteiger partial charge is 0.337 e. The first-order chi connectivity index (χ1) is 35.7. The predicted octanol–water partition coefficient (Wildman–Crippen LogP) is 9.22. The van der Waals surface area contributed by atoms with Crippen molar-refractivity contribution >= 4 is 111 Å². The first-order valence-electron chi connectivity index (χ1n) is 22.4. The monoisotopic (exact) mass is 1110 g/mol. The molecule has 2 aromatic heterocycles. The number of amides is 6. The van der Waals surface area contributed by atoms with Crippen LogP contribution >= 0.6 is 58.0 Å². The van der Waals surface area contributed by atoms with E-state index in [4.69, 9.17) is 68.4 Å². The van der Waals surface area contributed by atoms with Crippen LogP contribution in [-0.2, 0) is 9.59 Å². The van der Waals surface area contributed by atoms with Gasteiger partial charge < -0.3 is 30.2 Å². The Morgan fingerprint density at radius 3 is 1.48 bits per heavy atom. The van der Waals surface area contributed by atoms with Gasteiger partial charge in [0.05, 0.1) is 52.3 Å². The topological polar surface area (TPSA) is 244 Å². The highest BCUT2D eigenvalue weighted by Crippen LogP contribution is 2.48. The minimum atomic E-state index is -1.31. The van der Waals surface area contributed by atoms with Gasteiger partial charge in [-0.2, -0.15) is 10.5 Å². The third kappa shape index (κ3) is 10.1. The van der Waals surface area contributed by atoms with Gasteiger partial charge in [0.25, 0.3) is 11.8 Å². The van der Waals surface area contributed by atoms with Crippen molar-refractivity contribution in [3.05, 3.63) is 180 Å². The van der Waals surface area contributed by atoms with Gasteiger partial charge in [-0.1, -0.05) is 82.3 Å². The quantitative estimate of drug-likeness (QED) is 0.0997. The van der Waals surface area contributed by atoms with Gasteiger partial charge in [0.2, 0.25) is 0 Å². The van der Waals surface area contributed by atoms with E-state index in [1.165, 1.54) is 58.6 Å². The molecule has 75 heavy (non-hydrogen) atoms. The maximum absolute atomic E-state index is 14.2. The molecular formula is C52H39Cl5N10O8. The van der Waals surface area contributed by atoms with Crippen LogP contribution in [0.1, 0.15) is 54.8 Å². The molecule has 6 heterocycles. The van der Waals surface area contributed by atoms with Gasteiger partial charge in [-0.15, -0.1) is 0 Å². The van der Waals surface area contributed by atoms with Crippen LogP contribution in [0.4, 0.5) is 26.8 Å². The standard InChI is InChI=1S/C26H19Cl2N5O4.C20H16Cl2N4O2.C6H4ClNO2/c1-31-25(37)33(20-9-18(27)8-19(28)10-20)24(36)26(31)14-32(22-7-6-17(12-30-22)23(34)35)13-21(26)16-4-2-15(11-29)3-5-16;1-25-19(28)26(16-7-14(21)6-15(22)8-16)18(27)20(25)11-24-10-17(20)13-4-2-12(9-23)3-5-13;7-5-2-1-4(3-8-5)6(9)10/h2-10,12,21H,13-14H2,1H3,(H,34,35);2-8,17,24H,10-11H2,1H3;1-3H,(H,9,10)/t21-,26+;17-,20+;/m00./s1. The highest BCUT2D eigenvalue weighted by Gasteiger charge is 2.65. The van der Waals surface area contributed by atoms with Gasteiger partial charge >= 0.3 is 24.0 Å². The SMILES string of the molecule is CN1C(=O)N(c2cc(Cl)cc(Cl)c2)C(=O)[C@]12CN(c1ccc(C(=O)O)cn1)C[C@H]2c1ccc(C#N)cc1.CN1C(=O)N(c2cc(Cl)cc(Cl)c2)C(=O)[C@]12CNC[C@H]2c1ccc(C#N)cc1.O=C(O)c1ccc(Cl)nc1. The highest BCUT2D eigenvalue weighted by molar-refractivity contribution is 6.37. The maximum Gasteiger partial charge on any atom is 0.337 e. The fraction of sp³-hybridized carbons (Fsp3) is 0.192. The van der Waals surface area contributed by atoms with E-state index in [1.54, 1.807) is 74.8 Å². The number of carbonyl (C=O) groups excluding carboxylic acids is 4. The average Bonchev–Trinajstić information content (AvgIpc) is 4.18. The number of hydrogen-bond acceptors (Lipinski definition) is 12. The molecular weight excluding hydrogens is 1070 g/mol. The van der Waals surface area contributed by atoms with E-state index in [0.717, 1.165) is 20.9 Å². The van der Waals surface area contributed by atoms with Crippen LogP contribution in [-0.4, -0.2) is 117 Å². The normalized spacial score (nSPS) is 20.7. The maximum atomic E-state index is 14.2. The third-order valence-corrected chi connectivity index (χ3v) is 14.5. The minimum Gasteiger partial charge on any atom is -0.478 e. The summed E-state index contributed by atoms with van der Waals surface area (Å²) in [6.07, 6.45) is 2.47. The number of imide groups is 2. The number of nitrogens with one attached hydrogen (secondary N) is 1. The van der Waals surface area contributed by atoms with Gasteiger partial charge in [0.1, 0.15) is 22.0 Å². The van der Waals surface area contributed by atoms with Crippen LogP contribution in [0.5, 0.6) is 0 Å². The number of rotatable bonds is 7. The number of anilines is 3. The van der Waals surface area contributed by atoms with Crippen LogP contribution in [0.3, 0.4) is 0 Å². The Morgan fingerprint density at radius 2 is 1.05 bits per heavy atom. The Morgan fingerprint density at radius 1 is 0.613 bits per heavy atom. The van der Waals surface area contributed by atoms with Crippen molar-refractivity contribution in [1.82, 2.24) is 25.1 Å². The summed E-state index contributed by atoms with van der Waals surface area (Å²) in [5.74, 6) is -3.12. The molecule has 10 rings (SSSR count). The zero-order valence-corrected chi connectivity index (χ0v) is 43.1. The second kappa shape index (κ2) is 21.6. The number of likely N-dealkylation sites (N-methyl/N-ethyl adjacent to an activating group) is 2. The molecule has 4 saturated heterocycles. The van der Waals surface area contributed by atoms with E-state index in [1.807, 2.05) is 17.0 Å². The molecule has 2 spiro atoms. The Balaban J connectivity index is 0.000000172. The number of nitrogens with zero attached hydrogens (tertiary/aromatic N) is 9. The van der Waals surface area contributed by atoms with Crippen molar-refractivity contribution in [2.75, 3.05) is 55.0 Å². The number of urea groups is 2. The summed E-state index contributed by atoms with van der Waals surface area (Å²) in [7, 11) is 3.21. The van der Waals surface area contributed by atoms with Crippen LogP contribution in [0.15, 0.2) is 122 Å². The van der Waals surface area contributed by atoms with Crippen molar-refractivity contribution < 1.29 is 39.0 Å². The largest absolute Gasteiger partial charge is 0.478 e. The molecule has 6 aromatic rings.